The molecule has 0 unspecified atom stereocenters. The van der Waals surface area contributed by atoms with Crippen molar-refractivity contribution >= 4 is 21.9 Å². The fourth-order valence-corrected chi connectivity index (χ4v) is 2.03. The first-order valence-corrected chi connectivity index (χ1v) is 5.96. The van der Waals surface area contributed by atoms with Crippen molar-refractivity contribution < 1.29 is 14.6 Å². The second-order valence-electron chi connectivity index (χ2n) is 3.71. The van der Waals surface area contributed by atoms with Crippen LogP contribution >= 0.6 is 15.9 Å². The SMILES string of the molecule is COc1cc(-n2nc(C(=O)O)cc2C)ccc1Br. The zero-order valence-corrected chi connectivity index (χ0v) is 11.4. The third-order valence-electron chi connectivity index (χ3n) is 2.49. The second-order valence-corrected chi connectivity index (χ2v) is 4.56. The highest BCUT2D eigenvalue weighted by atomic mass is 79.9. The topological polar surface area (TPSA) is 64.4 Å². The molecule has 0 saturated carbocycles. The van der Waals surface area contributed by atoms with Crippen molar-refractivity contribution in [2.75, 3.05) is 7.11 Å². The van der Waals surface area contributed by atoms with E-state index in [0.717, 1.165) is 15.9 Å². The molecule has 2 rings (SSSR count). The number of aryl methyl sites for hydroxylation is 1. The Bertz CT molecular complexity index is 607. The van der Waals surface area contributed by atoms with E-state index in [1.807, 2.05) is 12.1 Å². The highest BCUT2D eigenvalue weighted by Gasteiger charge is 2.12. The van der Waals surface area contributed by atoms with Crippen molar-refractivity contribution in [3.63, 3.8) is 0 Å². The maximum Gasteiger partial charge on any atom is 0.356 e. The van der Waals surface area contributed by atoms with Gasteiger partial charge in [0.05, 0.1) is 17.3 Å². The summed E-state index contributed by atoms with van der Waals surface area (Å²) in [5.41, 5.74) is 1.52. The first-order valence-electron chi connectivity index (χ1n) is 5.17. The summed E-state index contributed by atoms with van der Waals surface area (Å²) in [6, 6.07) is 6.97. The van der Waals surface area contributed by atoms with Gasteiger partial charge in [-0.15, -0.1) is 0 Å². The summed E-state index contributed by atoms with van der Waals surface area (Å²) in [4.78, 5) is 10.9. The standard InChI is InChI=1S/C12H11BrN2O3/c1-7-5-10(12(16)17)14-15(7)8-3-4-9(13)11(6-8)18-2/h3-6H,1-2H3,(H,16,17). The highest BCUT2D eigenvalue weighted by molar-refractivity contribution is 9.10. The Hall–Kier alpha value is -1.82. The van der Waals surface area contributed by atoms with Gasteiger partial charge >= 0.3 is 5.97 Å². The van der Waals surface area contributed by atoms with Gasteiger partial charge in [0.25, 0.3) is 0 Å². The molecule has 1 aromatic carbocycles. The van der Waals surface area contributed by atoms with Crippen LogP contribution in [0, 0.1) is 6.92 Å². The summed E-state index contributed by atoms with van der Waals surface area (Å²) in [6.07, 6.45) is 0. The van der Waals surface area contributed by atoms with Gasteiger partial charge in [0.15, 0.2) is 5.69 Å². The summed E-state index contributed by atoms with van der Waals surface area (Å²) in [5.74, 6) is -0.375. The smallest absolute Gasteiger partial charge is 0.356 e. The summed E-state index contributed by atoms with van der Waals surface area (Å²) in [7, 11) is 1.57. The number of hydrogen-bond donors (Lipinski definition) is 1. The molecule has 0 aliphatic rings. The lowest BCUT2D eigenvalue weighted by atomic mass is 10.3. The molecule has 0 saturated heterocycles. The Balaban J connectivity index is 2.51. The molecule has 0 aliphatic carbocycles. The number of carboxylic acids is 1. The number of rotatable bonds is 3. The van der Waals surface area contributed by atoms with E-state index in [9.17, 15) is 4.79 Å². The van der Waals surface area contributed by atoms with Crippen LogP contribution in [0.4, 0.5) is 0 Å². The molecule has 18 heavy (non-hydrogen) atoms. The quantitative estimate of drug-likeness (QED) is 0.946. The molecule has 0 bridgehead atoms. The molecule has 0 radical (unpaired) electrons. The van der Waals surface area contributed by atoms with Crippen LogP contribution in [0.5, 0.6) is 5.75 Å². The first-order chi connectivity index (χ1) is 8.52. The minimum atomic E-state index is -1.04. The van der Waals surface area contributed by atoms with Crippen LogP contribution in [0.1, 0.15) is 16.2 Å². The predicted molar refractivity (Wildman–Crippen MR) is 69.5 cm³/mol. The Labute approximate surface area is 112 Å². The van der Waals surface area contributed by atoms with E-state index in [0.29, 0.717) is 5.75 Å². The number of halogens is 1. The molecule has 6 heteroatoms. The molecule has 0 spiro atoms. The fraction of sp³-hybridized carbons (Fsp3) is 0.167. The number of benzene rings is 1. The molecule has 0 atom stereocenters. The van der Waals surface area contributed by atoms with Crippen molar-refractivity contribution in [1.82, 2.24) is 9.78 Å². The molecular weight excluding hydrogens is 300 g/mol. The Morgan fingerprint density at radius 1 is 1.44 bits per heavy atom. The molecule has 2 aromatic rings. The molecule has 1 N–H and O–H groups in total. The summed E-state index contributed by atoms with van der Waals surface area (Å²) in [5, 5.41) is 12.9. The van der Waals surface area contributed by atoms with Gasteiger partial charge < -0.3 is 9.84 Å². The van der Waals surface area contributed by atoms with E-state index in [-0.39, 0.29) is 5.69 Å². The van der Waals surface area contributed by atoms with Gasteiger partial charge in [-0.25, -0.2) is 9.48 Å². The Morgan fingerprint density at radius 3 is 2.72 bits per heavy atom. The number of ether oxygens (including phenoxy) is 1. The maximum atomic E-state index is 10.9. The van der Waals surface area contributed by atoms with Crippen LogP contribution in [0.15, 0.2) is 28.7 Å². The highest BCUT2D eigenvalue weighted by Crippen LogP contribution is 2.27. The minimum Gasteiger partial charge on any atom is -0.495 e. The maximum absolute atomic E-state index is 10.9. The van der Waals surface area contributed by atoms with E-state index in [1.54, 1.807) is 24.8 Å². The molecule has 0 fully saturated rings. The van der Waals surface area contributed by atoms with Crippen LogP contribution in [0.2, 0.25) is 0 Å². The number of hydrogen-bond acceptors (Lipinski definition) is 3. The molecule has 5 nitrogen and oxygen atoms in total. The van der Waals surface area contributed by atoms with E-state index in [2.05, 4.69) is 21.0 Å². The molecule has 0 amide bonds. The number of carbonyl (C=O) groups is 1. The molecule has 1 heterocycles. The second kappa shape index (κ2) is 4.81. The number of aromatic carboxylic acids is 1. The number of aromatic nitrogens is 2. The van der Waals surface area contributed by atoms with Crippen molar-refractivity contribution in [3.05, 3.63) is 40.1 Å². The van der Waals surface area contributed by atoms with Gasteiger partial charge in [-0.05, 0) is 41.1 Å². The Kier molecular flexibility index (Phi) is 3.38. The summed E-state index contributed by atoms with van der Waals surface area (Å²) >= 11 is 3.36. The van der Waals surface area contributed by atoms with Crippen LogP contribution in [0.3, 0.4) is 0 Å². The summed E-state index contributed by atoms with van der Waals surface area (Å²) in [6.45, 7) is 1.80. The third-order valence-corrected chi connectivity index (χ3v) is 3.14. The average Bonchev–Trinajstić information content (AvgIpc) is 2.72. The number of nitrogens with zero attached hydrogens (tertiary/aromatic N) is 2. The lowest BCUT2D eigenvalue weighted by Crippen LogP contribution is -2.02. The van der Waals surface area contributed by atoms with Crippen LogP contribution in [-0.4, -0.2) is 28.0 Å². The molecule has 94 valence electrons. The van der Waals surface area contributed by atoms with Crippen molar-refractivity contribution in [1.29, 1.82) is 0 Å². The zero-order valence-electron chi connectivity index (χ0n) is 9.85. The van der Waals surface area contributed by atoms with E-state index in [1.165, 1.54) is 6.07 Å². The van der Waals surface area contributed by atoms with Crippen molar-refractivity contribution in [2.24, 2.45) is 0 Å². The van der Waals surface area contributed by atoms with Gasteiger partial charge in [-0.2, -0.15) is 5.10 Å². The predicted octanol–water partition coefficient (Wildman–Crippen LogP) is 2.65. The number of carboxylic acid groups (broad SMARTS) is 1. The molecule has 1 aromatic heterocycles. The fourth-order valence-electron chi connectivity index (χ4n) is 1.62. The normalized spacial score (nSPS) is 10.4. The summed E-state index contributed by atoms with van der Waals surface area (Å²) < 4.78 is 7.60. The molecular formula is C12H11BrN2O3. The van der Waals surface area contributed by atoms with E-state index >= 15 is 0 Å². The average molecular weight is 311 g/mol. The monoisotopic (exact) mass is 310 g/mol. The van der Waals surface area contributed by atoms with Crippen LogP contribution < -0.4 is 4.74 Å². The first kappa shape index (κ1) is 12.6. The minimum absolute atomic E-state index is 0.0226. The Morgan fingerprint density at radius 2 is 2.17 bits per heavy atom. The van der Waals surface area contributed by atoms with E-state index in [4.69, 9.17) is 9.84 Å². The van der Waals surface area contributed by atoms with Gasteiger partial charge in [-0.1, -0.05) is 0 Å². The lowest BCUT2D eigenvalue weighted by Gasteiger charge is -2.08. The third kappa shape index (κ3) is 2.24. The van der Waals surface area contributed by atoms with E-state index < -0.39 is 5.97 Å². The van der Waals surface area contributed by atoms with Gasteiger partial charge in [0.1, 0.15) is 5.75 Å². The van der Waals surface area contributed by atoms with Crippen LogP contribution in [-0.2, 0) is 0 Å². The van der Waals surface area contributed by atoms with Gasteiger partial charge in [-0.3, -0.25) is 0 Å². The zero-order chi connectivity index (χ0) is 13.3. The van der Waals surface area contributed by atoms with Gasteiger partial charge in [0, 0.05) is 11.8 Å². The van der Waals surface area contributed by atoms with Crippen LogP contribution in [0.25, 0.3) is 5.69 Å². The lowest BCUT2D eigenvalue weighted by molar-refractivity contribution is 0.0690. The van der Waals surface area contributed by atoms with Crippen molar-refractivity contribution in [3.8, 4) is 11.4 Å². The molecule has 0 aliphatic heterocycles. The van der Waals surface area contributed by atoms with Crippen molar-refractivity contribution in [2.45, 2.75) is 6.92 Å². The number of methoxy groups -OCH3 is 1. The largest absolute Gasteiger partial charge is 0.495 e. The van der Waals surface area contributed by atoms with Gasteiger partial charge in [0.2, 0.25) is 0 Å².